The Bertz CT molecular complexity index is 1780. The number of hydrogen-bond acceptors (Lipinski definition) is 4. The Morgan fingerprint density at radius 2 is 1.49 bits per heavy atom. The molecule has 0 bridgehead atoms. The molecule has 0 aliphatic rings. The van der Waals surface area contributed by atoms with E-state index >= 15 is 0 Å². The van der Waals surface area contributed by atoms with Crippen LogP contribution in [0, 0.1) is 0 Å². The highest BCUT2D eigenvalue weighted by Gasteiger charge is 2.23. The van der Waals surface area contributed by atoms with Gasteiger partial charge in [0.15, 0.2) is 0 Å². The first-order valence-corrected chi connectivity index (χ1v) is 15.1. The van der Waals surface area contributed by atoms with Crippen molar-refractivity contribution in [1.29, 1.82) is 0 Å². The highest BCUT2D eigenvalue weighted by molar-refractivity contribution is 6.31. The van der Waals surface area contributed by atoms with E-state index in [0.29, 0.717) is 16.5 Å². The molecule has 0 heterocycles. The molecule has 5 rings (SSSR count). The van der Waals surface area contributed by atoms with Crippen LogP contribution >= 0.6 is 11.6 Å². The van der Waals surface area contributed by atoms with Gasteiger partial charge in [-0.1, -0.05) is 105 Å². The Morgan fingerprint density at radius 1 is 0.822 bits per heavy atom. The zero-order valence-corrected chi connectivity index (χ0v) is 26.1. The number of anilines is 2. The van der Waals surface area contributed by atoms with Crippen LogP contribution in [-0.4, -0.2) is 23.0 Å². The molecule has 0 saturated heterocycles. The maximum Gasteiger partial charge on any atom is 0.326 e. The number of carboxylic acid groups (broad SMARTS) is 1. The van der Waals surface area contributed by atoms with Gasteiger partial charge in [-0.3, -0.25) is 4.79 Å². The molecule has 6 nitrogen and oxygen atoms in total. The number of halogens is 1. The summed E-state index contributed by atoms with van der Waals surface area (Å²) < 4.78 is 6.11. The lowest BCUT2D eigenvalue weighted by Crippen LogP contribution is -2.42. The van der Waals surface area contributed by atoms with Gasteiger partial charge in [0.25, 0.3) is 5.91 Å². The molecule has 0 radical (unpaired) electrons. The fourth-order valence-corrected chi connectivity index (χ4v) is 5.10. The summed E-state index contributed by atoms with van der Waals surface area (Å²) in [6.45, 7) is 6.43. The van der Waals surface area contributed by atoms with E-state index in [1.54, 1.807) is 12.1 Å². The first-order chi connectivity index (χ1) is 21.6. The fourth-order valence-electron chi connectivity index (χ4n) is 4.92. The van der Waals surface area contributed by atoms with Crippen LogP contribution in [-0.2, 0) is 16.6 Å². The normalized spacial score (nSPS) is 11.8. The van der Waals surface area contributed by atoms with Crippen molar-refractivity contribution < 1.29 is 19.4 Å². The zero-order valence-electron chi connectivity index (χ0n) is 25.4. The second-order valence-electron chi connectivity index (χ2n) is 11.8. The van der Waals surface area contributed by atoms with Crippen LogP contribution in [0.2, 0.25) is 5.02 Å². The van der Waals surface area contributed by atoms with Crippen molar-refractivity contribution in [2.75, 3.05) is 5.32 Å². The molecule has 0 spiro atoms. The van der Waals surface area contributed by atoms with Crippen LogP contribution in [0.5, 0.6) is 11.5 Å². The van der Waals surface area contributed by atoms with Gasteiger partial charge in [0.2, 0.25) is 0 Å². The summed E-state index contributed by atoms with van der Waals surface area (Å²) in [4.78, 5) is 25.7. The van der Waals surface area contributed by atoms with E-state index in [9.17, 15) is 14.7 Å². The molecule has 45 heavy (non-hydrogen) atoms. The van der Waals surface area contributed by atoms with Gasteiger partial charge in [-0.25, -0.2) is 4.79 Å². The molecule has 0 saturated carbocycles. The van der Waals surface area contributed by atoms with Crippen molar-refractivity contribution in [1.82, 2.24) is 5.32 Å². The highest BCUT2D eigenvalue weighted by Crippen LogP contribution is 2.33. The van der Waals surface area contributed by atoms with Crippen molar-refractivity contribution in [2.24, 2.45) is 0 Å². The molecule has 0 aromatic heterocycles. The van der Waals surface area contributed by atoms with Crippen molar-refractivity contribution >= 4 is 34.9 Å². The maximum atomic E-state index is 13.4. The number of ether oxygens (including phenoxy) is 1. The molecular weight excluding hydrogens is 584 g/mol. The summed E-state index contributed by atoms with van der Waals surface area (Å²) >= 11 is 6.25. The third-order valence-corrected chi connectivity index (χ3v) is 7.66. The van der Waals surface area contributed by atoms with Gasteiger partial charge < -0.3 is 20.5 Å². The monoisotopic (exact) mass is 618 g/mol. The van der Waals surface area contributed by atoms with E-state index in [-0.39, 0.29) is 17.4 Å². The van der Waals surface area contributed by atoms with E-state index in [0.717, 1.165) is 28.1 Å². The minimum absolute atomic E-state index is 0.0112. The quantitative estimate of drug-likeness (QED) is 0.145. The SMILES string of the molecule is CC(C)(C)c1ccc(Nc2ccc(Cl)cc2C(=O)N[C@@H](Cc2ccc(-c3ccccc3Oc3ccccc3)cc2)C(=O)O)cc1. The van der Waals surface area contributed by atoms with Crippen LogP contribution in [0.25, 0.3) is 11.1 Å². The third-order valence-electron chi connectivity index (χ3n) is 7.42. The molecule has 0 fully saturated rings. The van der Waals surface area contributed by atoms with E-state index in [2.05, 4.69) is 31.4 Å². The average molecular weight is 619 g/mol. The van der Waals surface area contributed by atoms with Crippen molar-refractivity contribution in [3.05, 3.63) is 143 Å². The second-order valence-corrected chi connectivity index (χ2v) is 12.3. The van der Waals surface area contributed by atoms with Gasteiger partial charge in [0, 0.05) is 22.7 Å². The van der Waals surface area contributed by atoms with E-state index in [1.165, 1.54) is 11.6 Å². The average Bonchev–Trinajstić information content (AvgIpc) is 3.02. The number of carbonyl (C=O) groups is 2. The fraction of sp³-hybridized carbons (Fsp3) is 0.158. The van der Waals surface area contributed by atoms with E-state index in [4.69, 9.17) is 16.3 Å². The lowest BCUT2D eigenvalue weighted by Gasteiger charge is -2.20. The minimum atomic E-state index is -1.16. The van der Waals surface area contributed by atoms with Gasteiger partial charge in [-0.2, -0.15) is 0 Å². The Kier molecular flexibility index (Phi) is 9.55. The van der Waals surface area contributed by atoms with Crippen molar-refractivity contribution in [2.45, 2.75) is 38.6 Å². The number of carbonyl (C=O) groups excluding carboxylic acids is 1. The first kappa shape index (κ1) is 31.4. The number of carboxylic acids is 1. The van der Waals surface area contributed by atoms with Gasteiger partial charge in [-0.15, -0.1) is 0 Å². The largest absolute Gasteiger partial charge is 0.480 e. The van der Waals surface area contributed by atoms with Crippen LogP contribution in [0.3, 0.4) is 0 Å². The molecule has 228 valence electrons. The Labute approximate surface area is 268 Å². The van der Waals surface area contributed by atoms with Gasteiger partial charge in [0.05, 0.1) is 11.3 Å². The van der Waals surface area contributed by atoms with Crippen molar-refractivity contribution in [3.63, 3.8) is 0 Å². The number of para-hydroxylation sites is 2. The predicted octanol–water partition coefficient (Wildman–Crippen LogP) is 9.27. The Morgan fingerprint density at radius 3 is 2.16 bits per heavy atom. The summed E-state index contributed by atoms with van der Waals surface area (Å²) in [6, 6.07) is 36.6. The van der Waals surface area contributed by atoms with Crippen LogP contribution in [0.4, 0.5) is 11.4 Å². The molecule has 3 N–H and O–H groups in total. The van der Waals surface area contributed by atoms with Gasteiger partial charge in [0.1, 0.15) is 17.5 Å². The smallest absolute Gasteiger partial charge is 0.326 e. The number of hydrogen-bond donors (Lipinski definition) is 3. The molecule has 0 unspecified atom stereocenters. The maximum absolute atomic E-state index is 13.4. The predicted molar refractivity (Wildman–Crippen MR) is 181 cm³/mol. The molecule has 1 amide bonds. The molecule has 0 aliphatic heterocycles. The minimum Gasteiger partial charge on any atom is -0.480 e. The first-order valence-electron chi connectivity index (χ1n) is 14.7. The van der Waals surface area contributed by atoms with E-state index in [1.807, 2.05) is 103 Å². The number of amides is 1. The summed E-state index contributed by atoms with van der Waals surface area (Å²) in [6.07, 6.45) is 0.0983. The number of rotatable bonds is 10. The van der Waals surface area contributed by atoms with Gasteiger partial charge >= 0.3 is 5.97 Å². The van der Waals surface area contributed by atoms with Crippen LogP contribution < -0.4 is 15.4 Å². The standard InChI is InChI=1S/C38H35ClN2O4/c1-38(2,3)27-17-20-29(21-18-27)40-33-22-19-28(39)24-32(33)36(42)41-34(37(43)44)23-25-13-15-26(16-14-25)31-11-7-8-12-35(31)45-30-9-5-4-6-10-30/h4-22,24,34,40H,23H2,1-3H3,(H,41,42)(H,43,44)/t34-/m0/s1. The number of nitrogens with one attached hydrogen (secondary N) is 2. The lowest BCUT2D eigenvalue weighted by atomic mass is 9.87. The van der Waals surface area contributed by atoms with Gasteiger partial charge in [-0.05, 0) is 70.6 Å². The molecular formula is C38H35ClN2O4. The number of benzene rings is 5. The van der Waals surface area contributed by atoms with Crippen molar-refractivity contribution in [3.8, 4) is 22.6 Å². The second kappa shape index (κ2) is 13.7. The molecule has 5 aromatic carbocycles. The number of aliphatic carboxylic acids is 1. The molecule has 0 aliphatic carbocycles. The topological polar surface area (TPSA) is 87.7 Å². The summed E-state index contributed by atoms with van der Waals surface area (Å²) in [5, 5.41) is 16.4. The Hall–Kier alpha value is -5.07. The Balaban J connectivity index is 1.30. The lowest BCUT2D eigenvalue weighted by molar-refractivity contribution is -0.139. The zero-order chi connectivity index (χ0) is 32.0. The third kappa shape index (κ3) is 8.11. The van der Waals surface area contributed by atoms with E-state index < -0.39 is 17.9 Å². The highest BCUT2D eigenvalue weighted by atomic mass is 35.5. The molecule has 5 aromatic rings. The van der Waals surface area contributed by atoms with Crippen LogP contribution in [0.1, 0.15) is 42.3 Å². The summed E-state index contributed by atoms with van der Waals surface area (Å²) in [5.74, 6) is -0.230. The summed E-state index contributed by atoms with van der Waals surface area (Å²) in [7, 11) is 0. The molecule has 1 atom stereocenters. The molecule has 7 heteroatoms. The van der Waals surface area contributed by atoms with Crippen LogP contribution in [0.15, 0.2) is 121 Å². The summed E-state index contributed by atoms with van der Waals surface area (Å²) in [5.41, 5.74) is 5.35.